The molecule has 164 valence electrons. The number of rotatable bonds is 11. The quantitative estimate of drug-likeness (QED) is 0.333. The summed E-state index contributed by atoms with van der Waals surface area (Å²) >= 11 is 12.5. The predicted molar refractivity (Wildman–Crippen MR) is 129 cm³/mol. The molecule has 3 aromatic rings. The van der Waals surface area contributed by atoms with E-state index in [-0.39, 0.29) is 0 Å². The second-order valence-corrected chi connectivity index (χ2v) is 8.39. The molecule has 0 saturated heterocycles. The second-order valence-electron chi connectivity index (χ2n) is 7.54. The Kier molecular flexibility index (Phi) is 9.08. The summed E-state index contributed by atoms with van der Waals surface area (Å²) in [5.41, 5.74) is 3.38. The lowest BCUT2D eigenvalue weighted by atomic mass is 10.1. The molecule has 0 spiro atoms. The smallest absolute Gasteiger partial charge is 0.163 e. The molecule has 3 nitrogen and oxygen atoms in total. The molecule has 0 saturated carbocycles. The summed E-state index contributed by atoms with van der Waals surface area (Å²) in [6.07, 6.45) is 2.10. The van der Waals surface area contributed by atoms with Crippen molar-refractivity contribution in [2.24, 2.45) is 0 Å². The van der Waals surface area contributed by atoms with E-state index in [1.807, 2.05) is 49.4 Å². The van der Waals surface area contributed by atoms with Crippen LogP contribution in [0.5, 0.6) is 11.5 Å². The molecule has 0 bridgehead atoms. The molecule has 0 amide bonds. The molecule has 1 atom stereocenters. The molecule has 5 heteroatoms. The van der Waals surface area contributed by atoms with Gasteiger partial charge in [-0.1, -0.05) is 65.7 Å². The molecule has 1 unspecified atom stereocenters. The molecule has 0 aromatic heterocycles. The standard InChI is InChI=1S/C26H29Cl2NO2/c1-3-30-25-15-22(17-29-19(2)9-10-20-7-5-4-6-8-20)24(28)16-26(25)31-18-21-11-13-23(27)14-12-21/h4-8,11-16,19,29H,3,9-10,17-18H2,1-2H3. The SMILES string of the molecule is CCOc1cc(CNC(C)CCc2ccccc2)c(Cl)cc1OCc1ccc(Cl)cc1. The van der Waals surface area contributed by atoms with E-state index in [0.29, 0.717) is 47.3 Å². The monoisotopic (exact) mass is 457 g/mol. The van der Waals surface area contributed by atoms with E-state index in [0.717, 1.165) is 24.0 Å². The minimum atomic E-state index is 0.368. The Morgan fingerprint density at radius 1 is 0.871 bits per heavy atom. The van der Waals surface area contributed by atoms with Crippen LogP contribution in [0.2, 0.25) is 10.0 Å². The van der Waals surface area contributed by atoms with Crippen LogP contribution >= 0.6 is 23.2 Å². The van der Waals surface area contributed by atoms with Gasteiger partial charge in [0.15, 0.2) is 11.5 Å². The number of nitrogens with one attached hydrogen (secondary N) is 1. The van der Waals surface area contributed by atoms with Gasteiger partial charge in [0.25, 0.3) is 0 Å². The Morgan fingerprint density at radius 3 is 2.29 bits per heavy atom. The Labute approximate surface area is 195 Å². The first-order chi connectivity index (χ1) is 15.0. The van der Waals surface area contributed by atoms with Crippen molar-refractivity contribution < 1.29 is 9.47 Å². The average molecular weight is 458 g/mol. The summed E-state index contributed by atoms with van der Waals surface area (Å²) < 4.78 is 11.8. The molecule has 0 aliphatic rings. The third-order valence-electron chi connectivity index (χ3n) is 5.07. The zero-order chi connectivity index (χ0) is 22.1. The van der Waals surface area contributed by atoms with Gasteiger partial charge in [-0.05, 0) is 61.6 Å². The van der Waals surface area contributed by atoms with Crippen LogP contribution < -0.4 is 14.8 Å². The van der Waals surface area contributed by atoms with Crippen LogP contribution in [0.3, 0.4) is 0 Å². The van der Waals surface area contributed by atoms with Gasteiger partial charge in [-0.15, -0.1) is 0 Å². The fraction of sp³-hybridized carbons (Fsp3) is 0.308. The molecule has 0 aliphatic carbocycles. The van der Waals surface area contributed by atoms with Crippen molar-refractivity contribution in [3.05, 3.63) is 93.5 Å². The van der Waals surface area contributed by atoms with E-state index in [1.54, 1.807) is 0 Å². The van der Waals surface area contributed by atoms with Crippen molar-refractivity contribution >= 4 is 23.2 Å². The maximum atomic E-state index is 6.57. The summed E-state index contributed by atoms with van der Waals surface area (Å²) in [6, 6.07) is 22.3. The molecule has 0 radical (unpaired) electrons. The molecular weight excluding hydrogens is 429 g/mol. The second kappa shape index (κ2) is 12.0. The number of aryl methyl sites for hydroxylation is 1. The van der Waals surface area contributed by atoms with Crippen LogP contribution in [-0.4, -0.2) is 12.6 Å². The van der Waals surface area contributed by atoms with Gasteiger partial charge in [-0.25, -0.2) is 0 Å². The van der Waals surface area contributed by atoms with Gasteiger partial charge in [-0.2, -0.15) is 0 Å². The largest absolute Gasteiger partial charge is 0.490 e. The summed E-state index contributed by atoms with van der Waals surface area (Å²) in [5.74, 6) is 1.34. The average Bonchev–Trinajstić information content (AvgIpc) is 2.78. The Balaban J connectivity index is 1.60. The van der Waals surface area contributed by atoms with Crippen LogP contribution in [-0.2, 0) is 19.6 Å². The minimum Gasteiger partial charge on any atom is -0.490 e. The molecule has 0 fully saturated rings. The Morgan fingerprint density at radius 2 is 1.58 bits per heavy atom. The fourth-order valence-electron chi connectivity index (χ4n) is 3.25. The normalized spacial score (nSPS) is 11.9. The van der Waals surface area contributed by atoms with Crippen molar-refractivity contribution in [3.63, 3.8) is 0 Å². The van der Waals surface area contributed by atoms with E-state index in [1.165, 1.54) is 5.56 Å². The lowest BCUT2D eigenvalue weighted by Gasteiger charge is -2.17. The summed E-state index contributed by atoms with van der Waals surface area (Å²) in [4.78, 5) is 0. The highest BCUT2D eigenvalue weighted by Gasteiger charge is 2.13. The summed E-state index contributed by atoms with van der Waals surface area (Å²) in [7, 11) is 0. The van der Waals surface area contributed by atoms with Crippen LogP contribution in [0, 0.1) is 0 Å². The Bertz CT molecular complexity index is 946. The maximum Gasteiger partial charge on any atom is 0.163 e. The third kappa shape index (κ3) is 7.46. The highest BCUT2D eigenvalue weighted by molar-refractivity contribution is 6.31. The van der Waals surface area contributed by atoms with Crippen molar-refractivity contribution in [1.82, 2.24) is 5.32 Å². The lowest BCUT2D eigenvalue weighted by molar-refractivity contribution is 0.269. The number of hydrogen-bond donors (Lipinski definition) is 1. The van der Waals surface area contributed by atoms with E-state index < -0.39 is 0 Å². The molecule has 0 heterocycles. The molecule has 31 heavy (non-hydrogen) atoms. The predicted octanol–water partition coefficient (Wildman–Crippen LogP) is 7.08. The number of hydrogen-bond acceptors (Lipinski definition) is 3. The fourth-order valence-corrected chi connectivity index (χ4v) is 3.60. The topological polar surface area (TPSA) is 30.5 Å². The van der Waals surface area contributed by atoms with E-state index >= 15 is 0 Å². The van der Waals surface area contributed by atoms with Crippen LogP contribution in [0.4, 0.5) is 0 Å². The Hall–Kier alpha value is -2.20. The zero-order valence-corrected chi connectivity index (χ0v) is 19.5. The molecule has 3 rings (SSSR count). The zero-order valence-electron chi connectivity index (χ0n) is 18.0. The highest BCUT2D eigenvalue weighted by Crippen LogP contribution is 2.34. The lowest BCUT2D eigenvalue weighted by Crippen LogP contribution is -2.26. The van der Waals surface area contributed by atoms with Crippen LogP contribution in [0.1, 0.15) is 37.0 Å². The van der Waals surface area contributed by atoms with Gasteiger partial charge >= 0.3 is 0 Å². The number of halogens is 2. The van der Waals surface area contributed by atoms with Gasteiger partial charge in [0.1, 0.15) is 6.61 Å². The maximum absolute atomic E-state index is 6.57. The first-order valence-electron chi connectivity index (χ1n) is 10.6. The minimum absolute atomic E-state index is 0.368. The van der Waals surface area contributed by atoms with Crippen LogP contribution in [0.15, 0.2) is 66.7 Å². The van der Waals surface area contributed by atoms with Gasteiger partial charge in [-0.3, -0.25) is 0 Å². The van der Waals surface area contributed by atoms with Gasteiger partial charge in [0.05, 0.1) is 6.61 Å². The van der Waals surface area contributed by atoms with Gasteiger partial charge < -0.3 is 14.8 Å². The van der Waals surface area contributed by atoms with Gasteiger partial charge in [0.2, 0.25) is 0 Å². The van der Waals surface area contributed by atoms with Crippen LogP contribution in [0.25, 0.3) is 0 Å². The van der Waals surface area contributed by atoms with E-state index in [2.05, 4.69) is 36.5 Å². The van der Waals surface area contributed by atoms with E-state index in [4.69, 9.17) is 32.7 Å². The third-order valence-corrected chi connectivity index (χ3v) is 5.67. The van der Waals surface area contributed by atoms with Crippen molar-refractivity contribution in [2.75, 3.05) is 6.61 Å². The molecule has 0 aliphatic heterocycles. The number of benzene rings is 3. The molecule has 1 N–H and O–H groups in total. The van der Waals surface area contributed by atoms with Crippen molar-refractivity contribution in [1.29, 1.82) is 0 Å². The molecule has 3 aromatic carbocycles. The summed E-state index contributed by atoms with van der Waals surface area (Å²) in [5, 5.41) is 4.94. The van der Waals surface area contributed by atoms with Crippen molar-refractivity contribution in [3.8, 4) is 11.5 Å². The first-order valence-corrected chi connectivity index (χ1v) is 11.4. The number of ether oxygens (including phenoxy) is 2. The van der Waals surface area contributed by atoms with E-state index in [9.17, 15) is 0 Å². The first kappa shape index (κ1) is 23.5. The highest BCUT2D eigenvalue weighted by atomic mass is 35.5. The molecular formula is C26H29Cl2NO2. The summed E-state index contributed by atoms with van der Waals surface area (Å²) in [6.45, 7) is 5.80. The van der Waals surface area contributed by atoms with Gasteiger partial charge in [0, 0.05) is 28.7 Å². The van der Waals surface area contributed by atoms with Crippen molar-refractivity contribution in [2.45, 2.75) is 45.9 Å².